The first kappa shape index (κ1) is 15.0. The van der Waals surface area contributed by atoms with E-state index in [0.717, 1.165) is 43.7 Å². The zero-order valence-corrected chi connectivity index (χ0v) is 13.1. The molecule has 1 aromatic heterocycles. The molecule has 110 valence electrons. The maximum absolute atomic E-state index is 12.2. The van der Waals surface area contributed by atoms with Gasteiger partial charge in [-0.05, 0) is 19.8 Å². The van der Waals surface area contributed by atoms with E-state index in [1.165, 1.54) is 0 Å². The van der Waals surface area contributed by atoms with Crippen LogP contribution < -0.4 is 4.90 Å². The normalized spacial score (nSPS) is 14.7. The number of likely N-dealkylation sites (tertiary alicyclic amines) is 1. The van der Waals surface area contributed by atoms with Crippen LogP contribution in [0.15, 0.2) is 0 Å². The molecule has 1 aromatic rings. The number of carbonyl (C=O) groups is 1. The number of hydrogen-bond donors (Lipinski definition) is 0. The lowest BCUT2D eigenvalue weighted by molar-refractivity contribution is -0.128. The highest BCUT2D eigenvalue weighted by atomic mass is 35.5. The predicted octanol–water partition coefficient (Wildman–Crippen LogP) is 2.06. The average molecular weight is 297 g/mol. The number of hydrogen-bond acceptors (Lipinski definition) is 4. The lowest BCUT2D eigenvalue weighted by Crippen LogP contribution is -2.38. The fourth-order valence-electron chi connectivity index (χ4n) is 2.39. The molecule has 1 aliphatic heterocycles. The first-order chi connectivity index (χ1) is 9.52. The fraction of sp³-hybridized carbons (Fsp3) is 0.643. The Labute approximate surface area is 124 Å². The number of amides is 1. The van der Waals surface area contributed by atoms with Crippen molar-refractivity contribution in [2.24, 2.45) is 0 Å². The fourth-order valence-corrected chi connectivity index (χ4v) is 2.58. The molecule has 0 aliphatic carbocycles. The molecule has 0 spiro atoms. The van der Waals surface area contributed by atoms with Crippen LogP contribution in [0.2, 0.25) is 5.15 Å². The molecular weight excluding hydrogens is 276 g/mol. The van der Waals surface area contributed by atoms with Gasteiger partial charge in [0, 0.05) is 32.1 Å². The molecular formula is C14H21ClN4O. The molecule has 0 aromatic carbocycles. The van der Waals surface area contributed by atoms with Gasteiger partial charge in [0.25, 0.3) is 0 Å². The van der Waals surface area contributed by atoms with E-state index in [2.05, 4.69) is 9.97 Å². The topological polar surface area (TPSA) is 49.3 Å². The van der Waals surface area contributed by atoms with Crippen molar-refractivity contribution in [2.75, 3.05) is 31.6 Å². The van der Waals surface area contributed by atoms with E-state index >= 15 is 0 Å². The molecule has 2 rings (SSSR count). The maximum atomic E-state index is 12.2. The largest absolute Gasteiger partial charge is 0.350 e. The Bertz CT molecular complexity index is 500. The molecule has 0 unspecified atom stereocenters. The minimum Gasteiger partial charge on any atom is -0.350 e. The van der Waals surface area contributed by atoms with Gasteiger partial charge in [0.1, 0.15) is 16.8 Å². The number of rotatable bonds is 4. The second kappa shape index (κ2) is 6.39. The van der Waals surface area contributed by atoms with Gasteiger partial charge >= 0.3 is 0 Å². The van der Waals surface area contributed by atoms with Crippen LogP contribution in [0.5, 0.6) is 0 Å². The van der Waals surface area contributed by atoms with Gasteiger partial charge in [0.15, 0.2) is 0 Å². The third-order valence-corrected chi connectivity index (χ3v) is 3.98. The summed E-state index contributed by atoms with van der Waals surface area (Å²) in [5.41, 5.74) is 0.820. The van der Waals surface area contributed by atoms with Gasteiger partial charge in [0.05, 0.1) is 6.54 Å². The van der Waals surface area contributed by atoms with Crippen LogP contribution in [0.1, 0.15) is 31.2 Å². The van der Waals surface area contributed by atoms with E-state index in [9.17, 15) is 4.79 Å². The van der Waals surface area contributed by atoms with Gasteiger partial charge in [0.2, 0.25) is 5.91 Å². The van der Waals surface area contributed by atoms with Crippen LogP contribution in [0.25, 0.3) is 0 Å². The van der Waals surface area contributed by atoms with Gasteiger partial charge in [-0.25, -0.2) is 9.97 Å². The average Bonchev–Trinajstić information content (AvgIpc) is 2.95. The lowest BCUT2D eigenvalue weighted by Gasteiger charge is -2.23. The van der Waals surface area contributed by atoms with Crippen molar-refractivity contribution in [2.45, 2.75) is 33.1 Å². The summed E-state index contributed by atoms with van der Waals surface area (Å²) in [6, 6.07) is 0. The minimum absolute atomic E-state index is 0.150. The molecule has 5 nitrogen and oxygen atoms in total. The highest BCUT2D eigenvalue weighted by Gasteiger charge is 2.21. The summed E-state index contributed by atoms with van der Waals surface area (Å²) < 4.78 is 0. The number of aromatic nitrogens is 2. The van der Waals surface area contributed by atoms with Crippen molar-refractivity contribution in [1.82, 2.24) is 14.9 Å². The summed E-state index contributed by atoms with van der Waals surface area (Å²) in [7, 11) is 1.87. The molecule has 0 bridgehead atoms. The van der Waals surface area contributed by atoms with E-state index < -0.39 is 0 Å². The molecule has 1 saturated heterocycles. The number of likely N-dealkylation sites (N-methyl/N-ethyl adjacent to an activating group) is 1. The molecule has 1 fully saturated rings. The number of carbonyl (C=O) groups excluding carboxylic acids is 1. The van der Waals surface area contributed by atoms with Gasteiger partial charge in [-0.2, -0.15) is 0 Å². The van der Waals surface area contributed by atoms with Gasteiger partial charge in [-0.15, -0.1) is 0 Å². The maximum Gasteiger partial charge on any atom is 0.242 e. The first-order valence-corrected chi connectivity index (χ1v) is 7.42. The van der Waals surface area contributed by atoms with Gasteiger partial charge in [-0.1, -0.05) is 18.5 Å². The molecule has 0 N–H and O–H groups in total. The molecule has 0 saturated carbocycles. The Hall–Kier alpha value is -1.36. The van der Waals surface area contributed by atoms with Crippen LogP contribution in [-0.4, -0.2) is 47.5 Å². The lowest BCUT2D eigenvalue weighted by atomic mass is 10.3. The summed E-state index contributed by atoms with van der Waals surface area (Å²) in [4.78, 5) is 24.7. The van der Waals surface area contributed by atoms with E-state index in [1.54, 1.807) is 0 Å². The van der Waals surface area contributed by atoms with Crippen molar-refractivity contribution < 1.29 is 4.79 Å². The van der Waals surface area contributed by atoms with Crippen molar-refractivity contribution in [3.63, 3.8) is 0 Å². The number of anilines is 1. The quantitative estimate of drug-likeness (QED) is 0.798. The van der Waals surface area contributed by atoms with E-state index in [1.807, 2.05) is 30.7 Å². The highest BCUT2D eigenvalue weighted by molar-refractivity contribution is 6.30. The van der Waals surface area contributed by atoms with Crippen LogP contribution in [0, 0.1) is 6.92 Å². The van der Waals surface area contributed by atoms with Crippen molar-refractivity contribution >= 4 is 23.3 Å². The number of nitrogens with zero attached hydrogens (tertiary/aromatic N) is 4. The Morgan fingerprint density at radius 1 is 1.35 bits per heavy atom. The van der Waals surface area contributed by atoms with Crippen LogP contribution in [0.3, 0.4) is 0 Å². The van der Waals surface area contributed by atoms with Crippen LogP contribution in [-0.2, 0) is 11.2 Å². The highest BCUT2D eigenvalue weighted by Crippen LogP contribution is 2.23. The van der Waals surface area contributed by atoms with Crippen molar-refractivity contribution in [3.8, 4) is 0 Å². The van der Waals surface area contributed by atoms with Crippen LogP contribution in [0.4, 0.5) is 5.82 Å². The Kier molecular flexibility index (Phi) is 4.81. The smallest absolute Gasteiger partial charge is 0.242 e. The summed E-state index contributed by atoms with van der Waals surface area (Å²) in [5.74, 6) is 1.60. The Morgan fingerprint density at radius 3 is 2.60 bits per heavy atom. The second-order valence-corrected chi connectivity index (χ2v) is 5.53. The van der Waals surface area contributed by atoms with E-state index in [4.69, 9.17) is 11.6 Å². The molecule has 0 radical (unpaired) electrons. The molecule has 20 heavy (non-hydrogen) atoms. The molecule has 6 heteroatoms. The van der Waals surface area contributed by atoms with E-state index in [0.29, 0.717) is 17.5 Å². The zero-order valence-electron chi connectivity index (χ0n) is 12.3. The third kappa shape index (κ3) is 3.20. The monoisotopic (exact) mass is 296 g/mol. The third-order valence-electron chi connectivity index (χ3n) is 3.62. The summed E-state index contributed by atoms with van der Waals surface area (Å²) >= 11 is 6.13. The summed E-state index contributed by atoms with van der Waals surface area (Å²) in [6.07, 6.45) is 2.93. The second-order valence-electron chi connectivity index (χ2n) is 5.18. The SMILES string of the molecule is CCc1nc(Cl)c(C)c(N(C)CC(=O)N2CCCC2)n1. The standard InChI is InChI=1S/C14H21ClN4O/c1-4-11-16-13(15)10(2)14(17-11)18(3)9-12(20)19-7-5-6-8-19/h4-9H2,1-3H3. The molecule has 2 heterocycles. The van der Waals surface area contributed by atoms with Crippen molar-refractivity contribution in [3.05, 3.63) is 16.5 Å². The molecule has 1 amide bonds. The Morgan fingerprint density at radius 2 is 2.00 bits per heavy atom. The molecule has 0 atom stereocenters. The summed E-state index contributed by atoms with van der Waals surface area (Å²) in [5, 5.41) is 0.465. The van der Waals surface area contributed by atoms with Crippen molar-refractivity contribution in [1.29, 1.82) is 0 Å². The van der Waals surface area contributed by atoms with Crippen LogP contribution >= 0.6 is 11.6 Å². The van der Waals surface area contributed by atoms with E-state index in [-0.39, 0.29) is 5.91 Å². The van der Waals surface area contributed by atoms with Gasteiger partial charge < -0.3 is 9.80 Å². The van der Waals surface area contributed by atoms with Gasteiger partial charge in [-0.3, -0.25) is 4.79 Å². The number of halogens is 1. The first-order valence-electron chi connectivity index (χ1n) is 7.04. The summed E-state index contributed by atoms with van der Waals surface area (Å²) in [6.45, 7) is 5.94. The molecule has 1 aliphatic rings. The predicted molar refractivity (Wildman–Crippen MR) is 80.2 cm³/mol. The Balaban J connectivity index is 2.13. The zero-order chi connectivity index (χ0) is 14.7. The number of aryl methyl sites for hydroxylation is 1. The minimum atomic E-state index is 0.150.